The fraction of sp³-hybridized carbons (Fsp3) is 0.238. The van der Waals surface area contributed by atoms with Gasteiger partial charge < -0.3 is 9.64 Å². The van der Waals surface area contributed by atoms with Crippen molar-refractivity contribution >= 4 is 45.6 Å². The number of thiophene rings is 1. The molecule has 9 heteroatoms. The summed E-state index contributed by atoms with van der Waals surface area (Å²) < 4.78 is 5.19. The van der Waals surface area contributed by atoms with Crippen LogP contribution in [0.25, 0.3) is 10.9 Å². The van der Waals surface area contributed by atoms with Gasteiger partial charge in [-0.3, -0.25) is 19.8 Å². The maximum Gasteiger partial charge on any atom is 0.282 e. The van der Waals surface area contributed by atoms with Gasteiger partial charge in [0, 0.05) is 26.6 Å². The summed E-state index contributed by atoms with van der Waals surface area (Å²) in [6.07, 6.45) is 0. The molecule has 1 aromatic carbocycles. The Kier molecular flexibility index (Phi) is 5.00. The molecule has 4 rings (SSSR count). The fourth-order valence-electron chi connectivity index (χ4n) is 3.52. The number of imide groups is 1. The number of carbonyl (C=O) groups is 3. The molecule has 0 spiro atoms. The number of amides is 3. The summed E-state index contributed by atoms with van der Waals surface area (Å²) >= 11 is 1.24. The molecule has 0 aliphatic carbocycles. The zero-order chi connectivity index (χ0) is 21.6. The number of hydrazine groups is 1. The van der Waals surface area contributed by atoms with Crippen molar-refractivity contribution in [1.82, 2.24) is 15.4 Å². The smallest absolute Gasteiger partial charge is 0.282 e. The Labute approximate surface area is 177 Å². The number of aryl methyl sites for hydroxylation is 1. The third-order valence-electron chi connectivity index (χ3n) is 4.88. The zero-order valence-corrected chi connectivity index (χ0v) is 17.8. The minimum Gasteiger partial charge on any atom is -0.378 e. The van der Waals surface area contributed by atoms with Crippen LogP contribution in [0.1, 0.15) is 41.6 Å². The van der Waals surface area contributed by atoms with Crippen molar-refractivity contribution in [2.75, 3.05) is 26.1 Å². The van der Waals surface area contributed by atoms with E-state index < -0.39 is 17.7 Å². The number of hydrogen-bond donors (Lipinski definition) is 1. The van der Waals surface area contributed by atoms with Crippen LogP contribution in [0.5, 0.6) is 0 Å². The fourth-order valence-corrected chi connectivity index (χ4v) is 4.37. The van der Waals surface area contributed by atoms with E-state index in [1.807, 2.05) is 33.2 Å². The van der Waals surface area contributed by atoms with Gasteiger partial charge in [0.25, 0.3) is 17.7 Å². The molecule has 0 saturated heterocycles. The van der Waals surface area contributed by atoms with Crippen molar-refractivity contribution < 1.29 is 19.1 Å². The molecule has 0 radical (unpaired) electrons. The lowest BCUT2D eigenvalue weighted by atomic mass is 10.0. The van der Waals surface area contributed by atoms with Gasteiger partial charge in [-0.2, -0.15) is 5.01 Å². The van der Waals surface area contributed by atoms with Gasteiger partial charge in [0.05, 0.1) is 34.6 Å². The van der Waals surface area contributed by atoms with Crippen LogP contribution in [-0.2, 0) is 11.3 Å². The van der Waals surface area contributed by atoms with Crippen LogP contribution >= 0.6 is 11.3 Å². The molecule has 30 heavy (non-hydrogen) atoms. The lowest BCUT2D eigenvalue weighted by Crippen LogP contribution is -2.46. The number of nitrogens with zero attached hydrogens (tertiary/aromatic N) is 3. The SMILES string of the molecule is COCc1nc2ccc(C)cc2c2c1C(=O)N(NC(=O)c1sccc1N(C)C)C2=O. The monoisotopic (exact) mass is 424 g/mol. The van der Waals surface area contributed by atoms with Crippen molar-refractivity contribution in [3.8, 4) is 0 Å². The number of aromatic nitrogens is 1. The topological polar surface area (TPSA) is 91.8 Å². The number of methoxy groups -OCH3 is 1. The van der Waals surface area contributed by atoms with E-state index in [0.717, 1.165) is 10.6 Å². The highest BCUT2D eigenvalue weighted by atomic mass is 32.1. The van der Waals surface area contributed by atoms with Crippen LogP contribution in [-0.4, -0.2) is 48.9 Å². The normalized spacial score (nSPS) is 13.1. The van der Waals surface area contributed by atoms with E-state index in [-0.39, 0.29) is 17.7 Å². The first-order valence-electron chi connectivity index (χ1n) is 9.20. The molecule has 2 aromatic heterocycles. The van der Waals surface area contributed by atoms with Gasteiger partial charge in [-0.15, -0.1) is 11.3 Å². The number of rotatable bonds is 5. The van der Waals surface area contributed by atoms with Crippen LogP contribution in [0.4, 0.5) is 5.69 Å². The van der Waals surface area contributed by atoms with Crippen molar-refractivity contribution in [1.29, 1.82) is 0 Å². The second-order valence-electron chi connectivity index (χ2n) is 7.18. The van der Waals surface area contributed by atoms with E-state index in [0.29, 0.717) is 27.2 Å². The van der Waals surface area contributed by atoms with Crippen molar-refractivity contribution in [2.45, 2.75) is 13.5 Å². The van der Waals surface area contributed by atoms with Crippen LogP contribution in [0.2, 0.25) is 0 Å². The molecule has 0 saturated carbocycles. The quantitative estimate of drug-likeness (QED) is 0.634. The molecule has 0 bridgehead atoms. The van der Waals surface area contributed by atoms with E-state index in [9.17, 15) is 14.4 Å². The predicted octanol–water partition coefficient (Wildman–Crippen LogP) is 2.76. The first-order chi connectivity index (χ1) is 14.3. The summed E-state index contributed by atoms with van der Waals surface area (Å²) in [6.45, 7) is 1.97. The molecule has 0 unspecified atom stereocenters. The molecule has 3 aromatic rings. The number of pyridine rings is 1. The minimum absolute atomic E-state index is 0.0721. The minimum atomic E-state index is -0.616. The summed E-state index contributed by atoms with van der Waals surface area (Å²) in [4.78, 5) is 45.9. The molecule has 0 fully saturated rings. The van der Waals surface area contributed by atoms with Crippen molar-refractivity contribution in [3.63, 3.8) is 0 Å². The average molecular weight is 424 g/mol. The summed E-state index contributed by atoms with van der Waals surface area (Å²) in [7, 11) is 5.13. The Bertz CT molecular complexity index is 1200. The number of nitrogens with one attached hydrogen (secondary N) is 1. The molecule has 1 N–H and O–H groups in total. The lowest BCUT2D eigenvalue weighted by Gasteiger charge is -2.17. The third kappa shape index (κ3) is 3.12. The molecule has 3 heterocycles. The zero-order valence-electron chi connectivity index (χ0n) is 17.0. The van der Waals surface area contributed by atoms with Gasteiger partial charge >= 0.3 is 0 Å². The Morgan fingerprint density at radius 3 is 2.63 bits per heavy atom. The van der Waals surface area contributed by atoms with Crippen LogP contribution < -0.4 is 10.3 Å². The standard InChI is InChI=1S/C21H20N4O4S/c1-11-5-6-13-12(9-11)16-17(14(22-13)10-29-4)21(28)25(20(16)27)23-19(26)18-15(24(2)3)7-8-30-18/h5-9H,10H2,1-4H3,(H,23,26). The molecule has 3 amide bonds. The molecule has 1 aliphatic rings. The molecular weight excluding hydrogens is 404 g/mol. The lowest BCUT2D eigenvalue weighted by molar-refractivity contribution is 0.0518. The van der Waals surface area contributed by atoms with E-state index in [1.165, 1.54) is 18.4 Å². The molecular formula is C21H20N4O4S. The number of ether oxygens (including phenoxy) is 1. The average Bonchev–Trinajstić information content (AvgIpc) is 3.29. The number of hydrogen-bond acceptors (Lipinski definition) is 7. The van der Waals surface area contributed by atoms with Gasteiger partial charge in [0.1, 0.15) is 4.88 Å². The maximum atomic E-state index is 13.2. The number of anilines is 1. The maximum absolute atomic E-state index is 13.2. The number of fused-ring (bicyclic) bond motifs is 3. The van der Waals surface area contributed by atoms with Gasteiger partial charge in [-0.1, -0.05) is 11.6 Å². The highest BCUT2D eigenvalue weighted by Gasteiger charge is 2.41. The second kappa shape index (κ2) is 7.51. The Balaban J connectivity index is 1.78. The summed E-state index contributed by atoms with van der Waals surface area (Å²) in [5.74, 6) is -1.72. The van der Waals surface area contributed by atoms with Gasteiger partial charge in [-0.05, 0) is 30.5 Å². The van der Waals surface area contributed by atoms with Crippen molar-refractivity contribution in [3.05, 3.63) is 56.9 Å². The third-order valence-corrected chi connectivity index (χ3v) is 5.78. The first-order valence-corrected chi connectivity index (χ1v) is 10.1. The molecule has 8 nitrogen and oxygen atoms in total. The van der Waals surface area contributed by atoms with Crippen LogP contribution in [0.3, 0.4) is 0 Å². The van der Waals surface area contributed by atoms with E-state index in [2.05, 4.69) is 10.4 Å². The van der Waals surface area contributed by atoms with E-state index in [4.69, 9.17) is 4.74 Å². The first kappa shape index (κ1) is 20.0. The van der Waals surface area contributed by atoms with Gasteiger partial charge in [0.15, 0.2) is 0 Å². The molecule has 1 aliphatic heterocycles. The van der Waals surface area contributed by atoms with E-state index >= 15 is 0 Å². The largest absolute Gasteiger partial charge is 0.378 e. The van der Waals surface area contributed by atoms with Gasteiger partial charge in [0.2, 0.25) is 0 Å². The highest BCUT2D eigenvalue weighted by Crippen LogP contribution is 2.32. The number of benzene rings is 1. The highest BCUT2D eigenvalue weighted by molar-refractivity contribution is 7.12. The van der Waals surface area contributed by atoms with Crippen LogP contribution in [0.15, 0.2) is 29.6 Å². The van der Waals surface area contributed by atoms with Crippen molar-refractivity contribution in [2.24, 2.45) is 0 Å². The summed E-state index contributed by atoms with van der Waals surface area (Å²) in [5.41, 5.74) is 5.48. The Morgan fingerprint density at radius 2 is 1.93 bits per heavy atom. The predicted molar refractivity (Wildman–Crippen MR) is 114 cm³/mol. The summed E-state index contributed by atoms with van der Waals surface area (Å²) in [6, 6.07) is 7.31. The molecule has 0 atom stereocenters. The Morgan fingerprint density at radius 1 is 1.20 bits per heavy atom. The second-order valence-corrected chi connectivity index (χ2v) is 8.09. The number of carbonyl (C=O) groups excluding carboxylic acids is 3. The summed E-state index contributed by atoms with van der Waals surface area (Å²) in [5, 5.41) is 3.13. The van der Waals surface area contributed by atoms with Gasteiger partial charge in [-0.25, -0.2) is 4.98 Å². The molecule has 154 valence electrons. The van der Waals surface area contributed by atoms with E-state index in [1.54, 1.807) is 22.4 Å². The Hall–Kier alpha value is -3.30. The van der Waals surface area contributed by atoms with Crippen LogP contribution in [0, 0.1) is 6.92 Å².